The summed E-state index contributed by atoms with van der Waals surface area (Å²) in [6.07, 6.45) is 10.3. The van der Waals surface area contributed by atoms with Crippen LogP contribution in [0.15, 0.2) is 30.5 Å². The predicted molar refractivity (Wildman–Crippen MR) is 138 cm³/mol. The Morgan fingerprint density at radius 2 is 1.82 bits per heavy atom. The topological polar surface area (TPSA) is 91.8 Å². The molecule has 0 unspecified atom stereocenters. The molecule has 178 valence electrons. The van der Waals surface area contributed by atoms with Gasteiger partial charge in [-0.25, -0.2) is 24.1 Å². The number of anilines is 3. The number of carbonyl (C=O) groups excluding carboxylic acids is 1. The van der Waals surface area contributed by atoms with Gasteiger partial charge < -0.3 is 16.0 Å². The van der Waals surface area contributed by atoms with Crippen LogP contribution in [-0.4, -0.2) is 33.7 Å². The summed E-state index contributed by atoms with van der Waals surface area (Å²) in [6.45, 7) is 4.03. The minimum absolute atomic E-state index is 0.0423. The molecule has 1 saturated carbocycles. The molecule has 2 heterocycles. The molecule has 1 aliphatic rings. The summed E-state index contributed by atoms with van der Waals surface area (Å²) in [7, 11) is 1.04. The standard InChI is InChI=1S/C24H29BClFN6O/c1-15-19(31-23(34)30-16-8-9-18(27)17(26)12-16)13-20-22(29-15)32-21(14-28-20)33-24(25-2)10-6-4-3-5-7-11-24/h8-9,12-14,25H,3-7,10-11H2,1-2H3,(H,29,32,33)(H2,30,31,34). The molecule has 0 bridgehead atoms. The maximum absolute atomic E-state index is 13.3. The van der Waals surface area contributed by atoms with Gasteiger partial charge in [-0.3, -0.25) is 0 Å². The van der Waals surface area contributed by atoms with Crippen molar-refractivity contribution in [3.05, 3.63) is 47.0 Å². The first-order chi connectivity index (χ1) is 16.4. The lowest BCUT2D eigenvalue weighted by molar-refractivity contribution is 0.262. The Bertz CT molecular complexity index is 1190. The van der Waals surface area contributed by atoms with Crippen molar-refractivity contribution in [2.75, 3.05) is 16.0 Å². The van der Waals surface area contributed by atoms with Gasteiger partial charge in [0.15, 0.2) is 5.65 Å². The Morgan fingerprint density at radius 3 is 2.53 bits per heavy atom. The second kappa shape index (κ2) is 10.6. The van der Waals surface area contributed by atoms with Crippen molar-refractivity contribution in [1.82, 2.24) is 15.0 Å². The van der Waals surface area contributed by atoms with E-state index in [0.717, 1.165) is 25.9 Å². The number of pyridine rings is 1. The molecule has 1 aromatic carbocycles. The van der Waals surface area contributed by atoms with Crippen LogP contribution in [0.2, 0.25) is 11.8 Å². The number of halogens is 2. The highest BCUT2D eigenvalue weighted by Crippen LogP contribution is 2.29. The maximum atomic E-state index is 13.3. The van der Waals surface area contributed by atoms with Gasteiger partial charge >= 0.3 is 6.03 Å². The number of rotatable bonds is 5. The van der Waals surface area contributed by atoms with E-state index in [1.807, 2.05) is 0 Å². The normalized spacial score (nSPS) is 15.8. The van der Waals surface area contributed by atoms with Crippen molar-refractivity contribution in [3.8, 4) is 0 Å². The fourth-order valence-electron chi connectivity index (χ4n) is 4.50. The Morgan fingerprint density at radius 1 is 1.09 bits per heavy atom. The Kier molecular flexibility index (Phi) is 7.51. The number of aryl methyl sites for hydroxylation is 1. The monoisotopic (exact) mass is 482 g/mol. The molecule has 3 aromatic rings. The molecule has 1 aliphatic carbocycles. The highest BCUT2D eigenvalue weighted by Gasteiger charge is 2.29. The molecular weight excluding hydrogens is 454 g/mol. The molecule has 0 atom stereocenters. The molecule has 0 spiro atoms. The van der Waals surface area contributed by atoms with E-state index in [2.05, 4.69) is 32.7 Å². The molecule has 2 aromatic heterocycles. The zero-order valence-electron chi connectivity index (χ0n) is 19.5. The van der Waals surface area contributed by atoms with E-state index in [9.17, 15) is 9.18 Å². The number of urea groups is 1. The SMILES string of the molecule is CBC1(Nc2cnc3cc(NC(=O)Nc4ccc(F)c(Cl)c4)c(C)nc3n2)CCCCCCC1. The number of hydrogen-bond donors (Lipinski definition) is 3. The van der Waals surface area contributed by atoms with Gasteiger partial charge in [-0.1, -0.05) is 50.5 Å². The number of nitrogens with one attached hydrogen (secondary N) is 3. The Balaban J connectivity index is 1.49. The first-order valence-corrected chi connectivity index (χ1v) is 12.2. The number of nitrogens with zero attached hydrogens (tertiary/aromatic N) is 3. The highest BCUT2D eigenvalue weighted by atomic mass is 35.5. The number of aromatic nitrogens is 3. The van der Waals surface area contributed by atoms with E-state index in [-0.39, 0.29) is 10.5 Å². The molecule has 1 fully saturated rings. The van der Waals surface area contributed by atoms with E-state index in [0.29, 0.717) is 28.2 Å². The first kappa shape index (κ1) is 24.2. The van der Waals surface area contributed by atoms with Crippen molar-refractivity contribution in [1.29, 1.82) is 0 Å². The number of benzene rings is 1. The average molecular weight is 483 g/mol. The van der Waals surface area contributed by atoms with Crippen LogP contribution in [0.25, 0.3) is 11.2 Å². The molecular formula is C24H29BClFN6O. The van der Waals surface area contributed by atoms with Gasteiger partial charge in [-0.05, 0) is 44.0 Å². The number of amides is 2. The van der Waals surface area contributed by atoms with E-state index < -0.39 is 11.8 Å². The van der Waals surface area contributed by atoms with Gasteiger partial charge in [0.05, 0.1) is 22.6 Å². The zero-order valence-corrected chi connectivity index (χ0v) is 20.3. The van der Waals surface area contributed by atoms with Crippen molar-refractivity contribution in [3.63, 3.8) is 0 Å². The minimum atomic E-state index is -0.547. The number of fused-ring (bicyclic) bond motifs is 1. The third-order valence-electron chi connectivity index (χ3n) is 6.53. The van der Waals surface area contributed by atoms with Gasteiger partial charge in [0, 0.05) is 11.1 Å². The fourth-order valence-corrected chi connectivity index (χ4v) is 4.68. The average Bonchev–Trinajstić information content (AvgIpc) is 2.79. The lowest BCUT2D eigenvalue weighted by atomic mass is 9.55. The summed E-state index contributed by atoms with van der Waals surface area (Å²) < 4.78 is 13.3. The van der Waals surface area contributed by atoms with Gasteiger partial charge in [0.25, 0.3) is 0 Å². The van der Waals surface area contributed by atoms with Crippen LogP contribution in [0.1, 0.15) is 50.6 Å². The first-order valence-electron chi connectivity index (χ1n) is 11.8. The molecule has 2 amide bonds. The van der Waals surface area contributed by atoms with Crippen molar-refractivity contribution < 1.29 is 9.18 Å². The zero-order chi connectivity index (χ0) is 24.1. The summed E-state index contributed by atoms with van der Waals surface area (Å²) in [5, 5.41) is 9.00. The van der Waals surface area contributed by atoms with Crippen LogP contribution in [0.3, 0.4) is 0 Å². The molecule has 7 nitrogen and oxygen atoms in total. The van der Waals surface area contributed by atoms with Crippen LogP contribution < -0.4 is 16.0 Å². The largest absolute Gasteiger partial charge is 0.371 e. The molecule has 34 heavy (non-hydrogen) atoms. The Labute approximate surface area is 204 Å². The molecule has 0 radical (unpaired) electrons. The van der Waals surface area contributed by atoms with Gasteiger partial charge in [0.1, 0.15) is 24.4 Å². The summed E-state index contributed by atoms with van der Waals surface area (Å²) in [6, 6.07) is 5.23. The molecule has 0 aliphatic heterocycles. The Hall–Kier alpha value is -2.94. The van der Waals surface area contributed by atoms with Crippen molar-refractivity contribution in [2.45, 2.75) is 64.1 Å². The molecule has 10 heteroatoms. The summed E-state index contributed by atoms with van der Waals surface area (Å²) in [5.41, 5.74) is 2.65. The third-order valence-corrected chi connectivity index (χ3v) is 6.82. The van der Waals surface area contributed by atoms with Crippen LogP contribution in [-0.2, 0) is 0 Å². The van der Waals surface area contributed by atoms with Crippen molar-refractivity contribution >= 4 is 53.3 Å². The summed E-state index contributed by atoms with van der Waals surface area (Å²) >= 11 is 5.78. The van der Waals surface area contributed by atoms with E-state index in [1.54, 1.807) is 19.2 Å². The van der Waals surface area contributed by atoms with Crippen LogP contribution in [0, 0.1) is 12.7 Å². The smallest absolute Gasteiger partial charge is 0.323 e. The second-order valence-electron chi connectivity index (χ2n) is 8.95. The second-order valence-corrected chi connectivity index (χ2v) is 9.36. The van der Waals surface area contributed by atoms with E-state index in [4.69, 9.17) is 16.6 Å². The molecule has 3 N–H and O–H groups in total. The maximum Gasteiger partial charge on any atom is 0.323 e. The lowest BCUT2D eigenvalue weighted by Gasteiger charge is -2.36. The van der Waals surface area contributed by atoms with Crippen LogP contribution in [0.5, 0.6) is 0 Å². The summed E-state index contributed by atoms with van der Waals surface area (Å²) in [4.78, 5) is 26.3. The van der Waals surface area contributed by atoms with Gasteiger partial charge in [-0.15, -0.1) is 0 Å². The van der Waals surface area contributed by atoms with E-state index >= 15 is 0 Å². The molecule has 4 rings (SSSR count). The van der Waals surface area contributed by atoms with Crippen molar-refractivity contribution in [2.24, 2.45) is 0 Å². The van der Waals surface area contributed by atoms with Crippen LogP contribution >= 0.6 is 11.6 Å². The number of hydrogen-bond acceptors (Lipinski definition) is 5. The quantitative estimate of drug-likeness (QED) is 0.382. The summed E-state index contributed by atoms with van der Waals surface area (Å²) in [5.74, 6) is 0.183. The number of carbonyl (C=O) groups is 1. The van der Waals surface area contributed by atoms with E-state index in [1.165, 1.54) is 50.3 Å². The van der Waals surface area contributed by atoms with Gasteiger partial charge in [-0.2, -0.15) is 0 Å². The lowest BCUT2D eigenvalue weighted by Crippen LogP contribution is -2.44. The molecule has 0 saturated heterocycles. The van der Waals surface area contributed by atoms with Gasteiger partial charge in [0.2, 0.25) is 0 Å². The van der Waals surface area contributed by atoms with Crippen LogP contribution in [0.4, 0.5) is 26.4 Å². The predicted octanol–water partition coefficient (Wildman–Crippen LogP) is 6.11. The fraction of sp³-hybridized carbons (Fsp3) is 0.417. The third kappa shape index (κ3) is 5.76. The highest BCUT2D eigenvalue weighted by molar-refractivity contribution is 6.39. The minimum Gasteiger partial charge on any atom is -0.371 e.